The van der Waals surface area contributed by atoms with E-state index in [-0.39, 0.29) is 0 Å². The molecule has 0 aliphatic heterocycles. The van der Waals surface area contributed by atoms with Crippen LogP contribution in [0.1, 0.15) is 0 Å². The van der Waals surface area contributed by atoms with Crippen LogP contribution in [-0.4, -0.2) is 30.1 Å². The van der Waals surface area contributed by atoms with Crippen molar-refractivity contribution in [1.29, 1.82) is 0 Å². The lowest BCUT2D eigenvalue weighted by Gasteiger charge is -1.96. The van der Waals surface area contributed by atoms with Gasteiger partial charge in [-0.15, -0.1) is 5.10 Å². The van der Waals surface area contributed by atoms with Crippen molar-refractivity contribution in [2.45, 2.75) is 0 Å². The summed E-state index contributed by atoms with van der Waals surface area (Å²) in [5.74, 6) is 0.729. The van der Waals surface area contributed by atoms with E-state index in [1.807, 2.05) is 42.5 Å². The van der Waals surface area contributed by atoms with Gasteiger partial charge in [-0.3, -0.25) is 4.98 Å². The molecule has 0 amide bonds. The molecule has 7 heteroatoms. The minimum absolute atomic E-state index is 0.352. The molecule has 0 N–H and O–H groups in total. The fourth-order valence-corrected chi connectivity index (χ4v) is 1.99. The lowest BCUT2D eigenvalue weighted by atomic mass is 10.3. The van der Waals surface area contributed by atoms with E-state index in [1.54, 1.807) is 23.1 Å². The number of aromatic nitrogens is 6. The SMILES string of the molecule is c1ccc(-n2cc(-c3noc(-c4ccccn4)n3)nn2)cc1. The molecule has 0 atom stereocenters. The van der Waals surface area contributed by atoms with Gasteiger partial charge in [0, 0.05) is 6.20 Å². The molecule has 0 aliphatic rings. The fraction of sp³-hybridized carbons (Fsp3) is 0. The zero-order valence-electron chi connectivity index (χ0n) is 11.4. The summed E-state index contributed by atoms with van der Waals surface area (Å²) in [5.41, 5.74) is 2.07. The van der Waals surface area contributed by atoms with Gasteiger partial charge in [-0.2, -0.15) is 4.98 Å². The molecule has 0 unspecified atom stereocenters. The molecule has 0 saturated carbocycles. The van der Waals surface area contributed by atoms with Gasteiger partial charge < -0.3 is 4.52 Å². The molecule has 0 spiro atoms. The van der Waals surface area contributed by atoms with Gasteiger partial charge in [0.25, 0.3) is 5.89 Å². The van der Waals surface area contributed by atoms with Crippen LogP contribution in [0.3, 0.4) is 0 Å². The molecule has 0 aliphatic carbocycles. The molecule has 0 saturated heterocycles. The summed E-state index contributed by atoms with van der Waals surface area (Å²) in [6.45, 7) is 0. The minimum Gasteiger partial charge on any atom is -0.332 e. The van der Waals surface area contributed by atoms with E-state index in [0.29, 0.717) is 23.1 Å². The van der Waals surface area contributed by atoms with E-state index in [0.717, 1.165) is 5.69 Å². The summed E-state index contributed by atoms with van der Waals surface area (Å²) in [5, 5.41) is 12.1. The van der Waals surface area contributed by atoms with E-state index in [1.165, 1.54) is 0 Å². The average Bonchev–Trinajstić information content (AvgIpc) is 3.26. The molecule has 7 nitrogen and oxygen atoms in total. The second kappa shape index (κ2) is 5.21. The molecule has 106 valence electrons. The Kier molecular flexibility index (Phi) is 2.93. The van der Waals surface area contributed by atoms with Crippen LogP contribution in [0, 0.1) is 0 Å². The standard InChI is InChI=1S/C15H10N6O/c1-2-6-11(7-3-1)21-10-13(18-20-21)14-17-15(22-19-14)12-8-4-5-9-16-12/h1-10H. The van der Waals surface area contributed by atoms with E-state index in [2.05, 4.69) is 25.4 Å². The Morgan fingerprint density at radius 1 is 0.909 bits per heavy atom. The van der Waals surface area contributed by atoms with E-state index >= 15 is 0 Å². The molecular weight excluding hydrogens is 280 g/mol. The molecule has 0 radical (unpaired) electrons. The summed E-state index contributed by atoms with van der Waals surface area (Å²) in [7, 11) is 0. The highest BCUT2D eigenvalue weighted by molar-refractivity contribution is 5.53. The number of hydrogen-bond acceptors (Lipinski definition) is 6. The third-order valence-electron chi connectivity index (χ3n) is 3.05. The number of pyridine rings is 1. The summed E-state index contributed by atoms with van der Waals surface area (Å²) < 4.78 is 6.88. The highest BCUT2D eigenvalue weighted by atomic mass is 16.5. The highest BCUT2D eigenvalue weighted by Gasteiger charge is 2.14. The molecule has 22 heavy (non-hydrogen) atoms. The minimum atomic E-state index is 0.352. The first-order chi connectivity index (χ1) is 10.9. The van der Waals surface area contributed by atoms with Crippen molar-refractivity contribution in [3.63, 3.8) is 0 Å². The van der Waals surface area contributed by atoms with Gasteiger partial charge in [-0.25, -0.2) is 4.68 Å². The Balaban J connectivity index is 1.66. The topological polar surface area (TPSA) is 82.5 Å². The van der Waals surface area contributed by atoms with Gasteiger partial charge >= 0.3 is 0 Å². The maximum atomic E-state index is 5.22. The quantitative estimate of drug-likeness (QED) is 0.576. The number of nitrogens with zero attached hydrogens (tertiary/aromatic N) is 6. The van der Waals surface area contributed by atoms with Crippen LogP contribution in [0.25, 0.3) is 28.8 Å². The lowest BCUT2D eigenvalue weighted by molar-refractivity contribution is 0.431. The first-order valence-corrected chi connectivity index (χ1v) is 6.63. The van der Waals surface area contributed by atoms with Crippen LogP contribution < -0.4 is 0 Å². The maximum absolute atomic E-state index is 5.22. The van der Waals surface area contributed by atoms with Crippen molar-refractivity contribution in [2.24, 2.45) is 0 Å². The smallest absolute Gasteiger partial charge is 0.276 e. The molecule has 0 fully saturated rings. The van der Waals surface area contributed by atoms with Crippen LogP contribution in [0.15, 0.2) is 65.4 Å². The second-order valence-electron chi connectivity index (χ2n) is 4.52. The van der Waals surface area contributed by atoms with E-state index in [9.17, 15) is 0 Å². The molecule has 3 heterocycles. The maximum Gasteiger partial charge on any atom is 0.276 e. The molecule has 0 bridgehead atoms. The van der Waals surface area contributed by atoms with Gasteiger partial charge in [0.1, 0.15) is 5.69 Å². The van der Waals surface area contributed by atoms with Gasteiger partial charge in [0.15, 0.2) is 5.69 Å². The van der Waals surface area contributed by atoms with Crippen molar-refractivity contribution in [2.75, 3.05) is 0 Å². The van der Waals surface area contributed by atoms with Crippen molar-refractivity contribution >= 4 is 0 Å². The fourth-order valence-electron chi connectivity index (χ4n) is 1.99. The summed E-state index contributed by atoms with van der Waals surface area (Å²) >= 11 is 0. The first-order valence-electron chi connectivity index (χ1n) is 6.63. The highest BCUT2D eigenvalue weighted by Crippen LogP contribution is 2.19. The van der Waals surface area contributed by atoms with Crippen molar-refractivity contribution in [3.8, 4) is 28.8 Å². The van der Waals surface area contributed by atoms with Gasteiger partial charge in [0.2, 0.25) is 5.82 Å². The molecule has 4 rings (SSSR count). The van der Waals surface area contributed by atoms with Crippen molar-refractivity contribution in [1.82, 2.24) is 30.1 Å². The third kappa shape index (κ3) is 2.24. The second-order valence-corrected chi connectivity index (χ2v) is 4.52. The van der Waals surface area contributed by atoms with Crippen molar-refractivity contribution in [3.05, 3.63) is 60.9 Å². The normalized spacial score (nSPS) is 10.7. The van der Waals surface area contributed by atoms with Crippen LogP contribution in [0.2, 0.25) is 0 Å². The summed E-state index contributed by atoms with van der Waals surface area (Å²) in [4.78, 5) is 8.47. The average molecular weight is 290 g/mol. The van der Waals surface area contributed by atoms with E-state index < -0.39 is 0 Å². The van der Waals surface area contributed by atoms with E-state index in [4.69, 9.17) is 4.52 Å². The zero-order valence-corrected chi connectivity index (χ0v) is 11.4. The van der Waals surface area contributed by atoms with Gasteiger partial charge in [-0.05, 0) is 24.3 Å². The lowest BCUT2D eigenvalue weighted by Crippen LogP contribution is -1.93. The number of benzene rings is 1. The van der Waals surface area contributed by atoms with Crippen LogP contribution in [0.5, 0.6) is 0 Å². The predicted octanol–water partition coefficient (Wildman–Crippen LogP) is 2.38. The van der Waals surface area contributed by atoms with Crippen LogP contribution >= 0.6 is 0 Å². The number of hydrogen-bond donors (Lipinski definition) is 0. The predicted molar refractivity (Wildman–Crippen MR) is 77.9 cm³/mol. The third-order valence-corrected chi connectivity index (χ3v) is 3.05. The summed E-state index contributed by atoms with van der Waals surface area (Å²) in [6, 6.07) is 15.2. The molecule has 4 aromatic rings. The Morgan fingerprint density at radius 3 is 2.59 bits per heavy atom. The molecular formula is C15H10N6O. The molecule has 1 aromatic carbocycles. The van der Waals surface area contributed by atoms with Crippen LogP contribution in [0.4, 0.5) is 0 Å². The van der Waals surface area contributed by atoms with Crippen LogP contribution in [-0.2, 0) is 0 Å². The molecule has 3 aromatic heterocycles. The Bertz CT molecular complexity index is 809. The Labute approximate surface area is 125 Å². The monoisotopic (exact) mass is 290 g/mol. The summed E-state index contributed by atoms with van der Waals surface area (Å²) in [6.07, 6.45) is 3.42. The number of para-hydroxylation sites is 1. The Morgan fingerprint density at radius 2 is 1.77 bits per heavy atom. The van der Waals surface area contributed by atoms with Crippen molar-refractivity contribution < 1.29 is 4.52 Å². The van der Waals surface area contributed by atoms with Gasteiger partial charge in [0.05, 0.1) is 11.9 Å². The zero-order chi connectivity index (χ0) is 14.8. The van der Waals surface area contributed by atoms with Gasteiger partial charge in [-0.1, -0.05) is 34.6 Å². The Hall–Kier alpha value is -3.35. The number of rotatable bonds is 3. The largest absolute Gasteiger partial charge is 0.332 e. The first kappa shape index (κ1) is 12.4.